The monoisotopic (exact) mass is 706 g/mol. The predicted octanol–water partition coefficient (Wildman–Crippen LogP) is 4.66. The van der Waals surface area contributed by atoms with Crippen molar-refractivity contribution >= 4 is 51.0 Å². The fourth-order valence-corrected chi connectivity index (χ4v) is 6.57. The molecule has 0 aliphatic carbocycles. The molecule has 0 radical (unpaired) electrons. The lowest BCUT2D eigenvalue weighted by Crippen LogP contribution is -2.40. The molecule has 0 spiro atoms. The van der Waals surface area contributed by atoms with Crippen LogP contribution in [-0.2, 0) is 19.1 Å². The highest BCUT2D eigenvalue weighted by atomic mass is 79.9. The van der Waals surface area contributed by atoms with Crippen molar-refractivity contribution in [3.05, 3.63) is 113 Å². The number of ether oxygens (including phenoxy) is 5. The van der Waals surface area contributed by atoms with Gasteiger partial charge in [0.05, 0.1) is 53.8 Å². The summed E-state index contributed by atoms with van der Waals surface area (Å²) in [6.45, 7) is 3.55. The van der Waals surface area contributed by atoms with Crippen LogP contribution in [0.2, 0.25) is 0 Å². The van der Waals surface area contributed by atoms with Crippen molar-refractivity contribution in [3.63, 3.8) is 0 Å². The summed E-state index contributed by atoms with van der Waals surface area (Å²) in [7, 11) is 3.05. The Bertz CT molecular complexity index is 1970. The number of aromatic nitrogens is 1. The van der Waals surface area contributed by atoms with Crippen molar-refractivity contribution in [2.75, 3.05) is 34.0 Å². The SMILES string of the molecule is CCOC(=O)COc1c(Br)cc(/C=c2\sc3n(c2=O)[C@H](c2ccc(OC)cc2)C(C(=O)OCC)=C(c2ccccc2)N=3)cc1OC. The van der Waals surface area contributed by atoms with Crippen LogP contribution in [0.3, 0.4) is 0 Å². The van der Waals surface area contributed by atoms with Gasteiger partial charge in [0.1, 0.15) is 5.75 Å². The molecule has 0 saturated carbocycles. The maximum absolute atomic E-state index is 14.2. The Morgan fingerprint density at radius 1 is 0.978 bits per heavy atom. The minimum absolute atomic E-state index is 0.153. The molecular formula is C34H31BrN2O8S. The minimum atomic E-state index is -0.821. The zero-order valence-electron chi connectivity index (χ0n) is 25.6. The molecule has 10 nitrogen and oxygen atoms in total. The van der Waals surface area contributed by atoms with Crippen LogP contribution in [0.4, 0.5) is 0 Å². The van der Waals surface area contributed by atoms with E-state index in [1.54, 1.807) is 51.3 Å². The fraction of sp³-hybridized carbons (Fsp3) is 0.235. The lowest BCUT2D eigenvalue weighted by molar-refractivity contribution is -0.145. The minimum Gasteiger partial charge on any atom is -0.497 e. The second-order valence-electron chi connectivity index (χ2n) is 9.83. The lowest BCUT2D eigenvalue weighted by Gasteiger charge is -2.26. The Hall–Kier alpha value is -4.68. The molecule has 1 aliphatic heterocycles. The molecule has 0 amide bonds. The number of nitrogens with zero attached hydrogens (tertiary/aromatic N) is 2. The van der Waals surface area contributed by atoms with E-state index in [1.807, 2.05) is 42.5 Å². The van der Waals surface area contributed by atoms with E-state index in [2.05, 4.69) is 15.9 Å². The zero-order valence-corrected chi connectivity index (χ0v) is 28.0. The number of hydrogen-bond acceptors (Lipinski definition) is 10. The molecule has 4 aromatic rings. The maximum atomic E-state index is 14.2. The average Bonchev–Trinajstić information content (AvgIpc) is 3.37. The van der Waals surface area contributed by atoms with Gasteiger partial charge in [0.15, 0.2) is 22.9 Å². The molecule has 0 unspecified atom stereocenters. The van der Waals surface area contributed by atoms with Gasteiger partial charge in [-0.15, -0.1) is 0 Å². The average molecular weight is 708 g/mol. The first-order chi connectivity index (χ1) is 22.3. The Morgan fingerprint density at radius 2 is 1.70 bits per heavy atom. The van der Waals surface area contributed by atoms with E-state index >= 15 is 0 Å². The molecule has 1 aliphatic rings. The molecule has 2 heterocycles. The Labute approximate surface area is 277 Å². The Kier molecular flexibility index (Phi) is 10.4. The number of hydrogen-bond donors (Lipinski definition) is 0. The van der Waals surface area contributed by atoms with E-state index in [4.69, 9.17) is 28.7 Å². The molecule has 1 atom stereocenters. The summed E-state index contributed by atoms with van der Waals surface area (Å²) in [5.74, 6) is 0.234. The van der Waals surface area contributed by atoms with Crippen LogP contribution in [0.15, 0.2) is 86.6 Å². The number of halogens is 1. The molecule has 0 N–H and O–H groups in total. The lowest BCUT2D eigenvalue weighted by atomic mass is 9.93. The molecule has 0 bridgehead atoms. The number of rotatable bonds is 11. The predicted molar refractivity (Wildman–Crippen MR) is 177 cm³/mol. The third-order valence-corrected chi connectivity index (χ3v) is 8.57. The van der Waals surface area contributed by atoms with Crippen LogP contribution < -0.4 is 29.1 Å². The summed E-state index contributed by atoms with van der Waals surface area (Å²) in [4.78, 5) is 45.0. The highest BCUT2D eigenvalue weighted by molar-refractivity contribution is 9.10. The van der Waals surface area contributed by atoms with Crippen molar-refractivity contribution in [3.8, 4) is 17.2 Å². The van der Waals surface area contributed by atoms with Gasteiger partial charge < -0.3 is 23.7 Å². The largest absolute Gasteiger partial charge is 0.497 e. The molecule has 5 rings (SSSR count). The molecular weight excluding hydrogens is 676 g/mol. The first-order valence-electron chi connectivity index (χ1n) is 14.4. The molecule has 12 heteroatoms. The van der Waals surface area contributed by atoms with E-state index < -0.39 is 18.0 Å². The Morgan fingerprint density at radius 3 is 2.35 bits per heavy atom. The van der Waals surface area contributed by atoms with E-state index in [9.17, 15) is 14.4 Å². The number of benzene rings is 3. The molecule has 46 heavy (non-hydrogen) atoms. The van der Waals surface area contributed by atoms with Gasteiger partial charge in [-0.25, -0.2) is 14.6 Å². The first-order valence-corrected chi connectivity index (χ1v) is 16.0. The van der Waals surface area contributed by atoms with Gasteiger partial charge in [-0.3, -0.25) is 9.36 Å². The smallest absolute Gasteiger partial charge is 0.344 e. The third kappa shape index (κ3) is 6.77. The van der Waals surface area contributed by atoms with Gasteiger partial charge in [-0.1, -0.05) is 53.8 Å². The molecule has 0 fully saturated rings. The van der Waals surface area contributed by atoms with Crippen molar-refractivity contribution in [2.24, 2.45) is 4.99 Å². The summed E-state index contributed by atoms with van der Waals surface area (Å²) in [5.41, 5.74) is 2.38. The summed E-state index contributed by atoms with van der Waals surface area (Å²) in [6.07, 6.45) is 1.72. The van der Waals surface area contributed by atoms with Crippen molar-refractivity contribution in [1.82, 2.24) is 4.57 Å². The summed E-state index contributed by atoms with van der Waals surface area (Å²) >= 11 is 4.70. The highest BCUT2D eigenvalue weighted by Gasteiger charge is 2.35. The standard InChI is InChI=1S/C34H31BrN2O8S/c1-5-43-27(38)19-45-31-24(35)16-20(17-25(31)42-4)18-26-32(39)37-30(22-12-14-23(41-3)15-13-22)28(33(40)44-6-2)29(36-34(37)46-26)21-10-8-7-9-11-21/h7-18,30H,5-6,19H2,1-4H3/b26-18-/t30-/m1/s1. The van der Waals surface area contributed by atoms with Gasteiger partial charge in [-0.2, -0.15) is 0 Å². The van der Waals surface area contributed by atoms with Crippen LogP contribution in [0.5, 0.6) is 17.2 Å². The molecule has 3 aromatic carbocycles. The van der Waals surface area contributed by atoms with Gasteiger partial charge in [-0.05, 0) is 71.2 Å². The number of esters is 2. The molecule has 238 valence electrons. The number of carbonyl (C=O) groups is 2. The van der Waals surface area contributed by atoms with Crippen LogP contribution in [-0.4, -0.2) is 50.5 Å². The van der Waals surface area contributed by atoms with Gasteiger partial charge in [0.2, 0.25) is 0 Å². The Balaban J connectivity index is 1.69. The number of carbonyl (C=O) groups excluding carboxylic acids is 2. The fourth-order valence-electron chi connectivity index (χ4n) is 4.99. The van der Waals surface area contributed by atoms with Crippen LogP contribution in [0, 0.1) is 0 Å². The summed E-state index contributed by atoms with van der Waals surface area (Å²) < 4.78 is 29.4. The molecule has 1 aromatic heterocycles. The number of methoxy groups -OCH3 is 2. The van der Waals surface area contributed by atoms with E-state index in [0.717, 1.165) is 0 Å². The third-order valence-electron chi connectivity index (χ3n) is 6.99. The van der Waals surface area contributed by atoms with Crippen LogP contribution >= 0.6 is 27.3 Å². The maximum Gasteiger partial charge on any atom is 0.344 e. The normalized spacial score (nSPS) is 14.3. The summed E-state index contributed by atoms with van der Waals surface area (Å²) in [5, 5.41) is 0. The zero-order chi connectivity index (χ0) is 32.8. The van der Waals surface area contributed by atoms with Crippen LogP contribution in [0.25, 0.3) is 11.8 Å². The van der Waals surface area contributed by atoms with Gasteiger partial charge >= 0.3 is 11.9 Å². The highest BCUT2D eigenvalue weighted by Crippen LogP contribution is 2.38. The van der Waals surface area contributed by atoms with Crippen LogP contribution in [0.1, 0.15) is 36.6 Å². The quantitative estimate of drug-likeness (QED) is 0.207. The van der Waals surface area contributed by atoms with Crippen molar-refractivity contribution in [1.29, 1.82) is 0 Å². The topological polar surface area (TPSA) is 115 Å². The van der Waals surface area contributed by atoms with E-state index in [-0.39, 0.29) is 31.0 Å². The second kappa shape index (κ2) is 14.6. The van der Waals surface area contributed by atoms with Crippen molar-refractivity contribution in [2.45, 2.75) is 19.9 Å². The first kappa shape index (κ1) is 32.7. The number of thiazole rings is 1. The summed E-state index contributed by atoms with van der Waals surface area (Å²) in [6, 6.07) is 19.2. The second-order valence-corrected chi connectivity index (χ2v) is 11.7. The van der Waals surface area contributed by atoms with Gasteiger partial charge in [0, 0.05) is 5.56 Å². The molecule has 0 saturated heterocycles. The number of fused-ring (bicyclic) bond motifs is 1. The van der Waals surface area contributed by atoms with E-state index in [0.29, 0.717) is 53.4 Å². The van der Waals surface area contributed by atoms with E-state index in [1.165, 1.54) is 23.0 Å². The van der Waals surface area contributed by atoms with Crippen molar-refractivity contribution < 1.29 is 33.3 Å². The van der Waals surface area contributed by atoms with Gasteiger partial charge in [0.25, 0.3) is 5.56 Å².